The van der Waals surface area contributed by atoms with Gasteiger partial charge in [-0.05, 0) is 31.9 Å². The monoisotopic (exact) mass is 296 g/mol. The van der Waals surface area contributed by atoms with E-state index in [4.69, 9.17) is 0 Å². The summed E-state index contributed by atoms with van der Waals surface area (Å²) in [5.74, 6) is -0.205. The molecular formula is C14H17FN2S2. The lowest BCUT2D eigenvalue weighted by Crippen LogP contribution is -2.17. The Kier molecular flexibility index (Phi) is 4.96. The minimum atomic E-state index is -0.205. The van der Waals surface area contributed by atoms with Crippen molar-refractivity contribution in [2.45, 2.75) is 24.8 Å². The highest BCUT2D eigenvalue weighted by Gasteiger charge is 2.16. The van der Waals surface area contributed by atoms with E-state index in [9.17, 15) is 4.39 Å². The minimum Gasteiger partial charge on any atom is -0.309 e. The molecule has 0 aliphatic heterocycles. The van der Waals surface area contributed by atoms with E-state index in [-0.39, 0.29) is 11.9 Å². The number of thioether (sulfide) groups is 1. The molecule has 0 radical (unpaired) electrons. The molecule has 0 amide bonds. The number of nitrogens with one attached hydrogen (secondary N) is 1. The zero-order chi connectivity index (χ0) is 13.8. The van der Waals surface area contributed by atoms with Gasteiger partial charge in [0, 0.05) is 16.3 Å². The Morgan fingerprint density at radius 1 is 1.47 bits per heavy atom. The van der Waals surface area contributed by atoms with Crippen molar-refractivity contribution in [1.29, 1.82) is 0 Å². The summed E-state index contributed by atoms with van der Waals surface area (Å²) in [4.78, 5) is 5.50. The van der Waals surface area contributed by atoms with Gasteiger partial charge in [-0.25, -0.2) is 9.37 Å². The second kappa shape index (κ2) is 6.50. The van der Waals surface area contributed by atoms with E-state index < -0.39 is 0 Å². The zero-order valence-corrected chi connectivity index (χ0v) is 12.9. The fourth-order valence-corrected chi connectivity index (χ4v) is 3.54. The maximum atomic E-state index is 14.0. The van der Waals surface area contributed by atoms with Crippen molar-refractivity contribution in [3.8, 4) is 10.6 Å². The average molecular weight is 296 g/mol. The standard InChI is InChI=1S/C14H17FN2S2/c1-4-16-9(2)11-8-19-14(17-11)13-10(15)6-5-7-12(13)18-3/h5-9,16H,4H2,1-3H3. The number of benzene rings is 1. The molecule has 0 saturated carbocycles. The average Bonchev–Trinajstić information content (AvgIpc) is 2.88. The normalized spacial score (nSPS) is 12.6. The number of aromatic nitrogens is 1. The summed E-state index contributed by atoms with van der Waals surface area (Å²) in [6.45, 7) is 5.02. The maximum Gasteiger partial charge on any atom is 0.134 e. The Balaban J connectivity index is 2.38. The van der Waals surface area contributed by atoms with Crippen molar-refractivity contribution in [1.82, 2.24) is 10.3 Å². The van der Waals surface area contributed by atoms with Crippen LogP contribution in [0.1, 0.15) is 25.6 Å². The molecule has 1 aromatic carbocycles. The second-order valence-corrected chi connectivity index (χ2v) is 5.88. The highest BCUT2D eigenvalue weighted by atomic mass is 32.2. The van der Waals surface area contributed by atoms with Gasteiger partial charge in [0.1, 0.15) is 10.8 Å². The van der Waals surface area contributed by atoms with Crippen LogP contribution in [0.25, 0.3) is 10.6 Å². The molecule has 0 fully saturated rings. The first-order chi connectivity index (χ1) is 9.17. The fourth-order valence-electron chi connectivity index (χ4n) is 1.89. The van der Waals surface area contributed by atoms with E-state index in [0.29, 0.717) is 5.56 Å². The molecule has 5 heteroatoms. The van der Waals surface area contributed by atoms with E-state index >= 15 is 0 Å². The molecule has 1 atom stereocenters. The van der Waals surface area contributed by atoms with Crippen molar-refractivity contribution in [2.75, 3.05) is 12.8 Å². The third-order valence-corrected chi connectivity index (χ3v) is 4.54. The lowest BCUT2D eigenvalue weighted by atomic mass is 10.2. The molecule has 1 N–H and O–H groups in total. The van der Waals surface area contributed by atoms with Crippen molar-refractivity contribution >= 4 is 23.1 Å². The number of rotatable bonds is 5. The number of hydrogen-bond donors (Lipinski definition) is 1. The van der Waals surface area contributed by atoms with Crippen molar-refractivity contribution in [3.63, 3.8) is 0 Å². The molecule has 0 saturated heterocycles. The van der Waals surface area contributed by atoms with E-state index in [1.807, 2.05) is 17.7 Å². The largest absolute Gasteiger partial charge is 0.309 e. The fraction of sp³-hybridized carbons (Fsp3) is 0.357. The van der Waals surface area contributed by atoms with Gasteiger partial charge in [0.05, 0.1) is 11.3 Å². The molecule has 1 heterocycles. The molecule has 19 heavy (non-hydrogen) atoms. The van der Waals surface area contributed by atoms with Gasteiger partial charge in [0.15, 0.2) is 0 Å². The summed E-state index contributed by atoms with van der Waals surface area (Å²) in [6.07, 6.45) is 1.95. The van der Waals surface area contributed by atoms with Crippen LogP contribution in [0, 0.1) is 5.82 Å². The van der Waals surface area contributed by atoms with Crippen LogP contribution in [-0.2, 0) is 0 Å². The summed E-state index contributed by atoms with van der Waals surface area (Å²) < 4.78 is 14.0. The summed E-state index contributed by atoms with van der Waals surface area (Å²) >= 11 is 3.04. The van der Waals surface area contributed by atoms with E-state index in [1.54, 1.807) is 17.8 Å². The predicted molar refractivity (Wildman–Crippen MR) is 81.4 cm³/mol. The molecule has 0 aliphatic rings. The molecule has 102 valence electrons. The Hall–Kier alpha value is -0.910. The van der Waals surface area contributed by atoms with Crippen LogP contribution in [0.3, 0.4) is 0 Å². The Labute approximate surface area is 121 Å². The topological polar surface area (TPSA) is 24.9 Å². The van der Waals surface area contributed by atoms with Gasteiger partial charge < -0.3 is 5.32 Å². The van der Waals surface area contributed by atoms with E-state index in [2.05, 4.69) is 24.1 Å². The quantitative estimate of drug-likeness (QED) is 0.831. The predicted octanol–water partition coefficient (Wildman–Crippen LogP) is 4.34. The third-order valence-electron chi connectivity index (χ3n) is 2.89. The summed E-state index contributed by atoms with van der Waals surface area (Å²) in [5, 5.41) is 6.07. The van der Waals surface area contributed by atoms with Gasteiger partial charge in [0.25, 0.3) is 0 Å². The number of halogens is 1. The smallest absolute Gasteiger partial charge is 0.134 e. The van der Waals surface area contributed by atoms with E-state index in [1.165, 1.54) is 17.4 Å². The van der Waals surface area contributed by atoms with Crippen LogP contribution in [0.15, 0.2) is 28.5 Å². The SMILES string of the molecule is CCNC(C)c1csc(-c2c(F)cccc2SC)n1. The summed E-state index contributed by atoms with van der Waals surface area (Å²) in [5.41, 5.74) is 1.59. The number of hydrogen-bond acceptors (Lipinski definition) is 4. The molecule has 2 rings (SSSR count). The Bertz CT molecular complexity index is 554. The van der Waals surface area contributed by atoms with Gasteiger partial charge in [-0.3, -0.25) is 0 Å². The molecule has 2 nitrogen and oxygen atoms in total. The van der Waals surface area contributed by atoms with Crippen LogP contribution in [-0.4, -0.2) is 17.8 Å². The molecular weight excluding hydrogens is 279 g/mol. The Morgan fingerprint density at radius 3 is 2.95 bits per heavy atom. The lowest BCUT2D eigenvalue weighted by Gasteiger charge is -2.09. The minimum absolute atomic E-state index is 0.194. The van der Waals surface area contributed by atoms with Crippen molar-refractivity contribution in [3.05, 3.63) is 35.1 Å². The molecule has 1 aromatic heterocycles. The van der Waals surface area contributed by atoms with Gasteiger partial charge in [-0.15, -0.1) is 23.1 Å². The van der Waals surface area contributed by atoms with Crippen molar-refractivity contribution in [2.24, 2.45) is 0 Å². The Morgan fingerprint density at radius 2 is 2.26 bits per heavy atom. The number of thiazole rings is 1. The first-order valence-corrected chi connectivity index (χ1v) is 8.29. The first kappa shape index (κ1) is 14.5. The van der Waals surface area contributed by atoms with Gasteiger partial charge in [-0.1, -0.05) is 13.0 Å². The van der Waals surface area contributed by atoms with Gasteiger partial charge in [-0.2, -0.15) is 0 Å². The first-order valence-electron chi connectivity index (χ1n) is 6.19. The number of nitrogens with zero attached hydrogens (tertiary/aromatic N) is 1. The maximum absolute atomic E-state index is 14.0. The van der Waals surface area contributed by atoms with Crippen LogP contribution < -0.4 is 5.32 Å². The molecule has 0 spiro atoms. The highest BCUT2D eigenvalue weighted by molar-refractivity contribution is 7.98. The lowest BCUT2D eigenvalue weighted by molar-refractivity contribution is 0.586. The summed E-state index contributed by atoms with van der Waals surface area (Å²) in [7, 11) is 0. The van der Waals surface area contributed by atoms with Crippen LogP contribution in [0.4, 0.5) is 4.39 Å². The van der Waals surface area contributed by atoms with Crippen LogP contribution in [0.5, 0.6) is 0 Å². The highest BCUT2D eigenvalue weighted by Crippen LogP contribution is 2.35. The van der Waals surface area contributed by atoms with Crippen LogP contribution >= 0.6 is 23.1 Å². The van der Waals surface area contributed by atoms with Crippen molar-refractivity contribution < 1.29 is 4.39 Å². The molecule has 0 bridgehead atoms. The van der Waals surface area contributed by atoms with Crippen LogP contribution in [0.2, 0.25) is 0 Å². The summed E-state index contributed by atoms with van der Waals surface area (Å²) in [6, 6.07) is 5.35. The third kappa shape index (κ3) is 3.16. The van der Waals surface area contributed by atoms with Gasteiger partial charge in [0.2, 0.25) is 0 Å². The molecule has 1 unspecified atom stereocenters. The second-order valence-electron chi connectivity index (χ2n) is 4.17. The molecule has 0 aliphatic carbocycles. The zero-order valence-electron chi connectivity index (χ0n) is 11.2. The van der Waals surface area contributed by atoms with E-state index in [0.717, 1.165) is 22.1 Å². The van der Waals surface area contributed by atoms with Gasteiger partial charge >= 0.3 is 0 Å². The molecule has 2 aromatic rings.